The van der Waals surface area contributed by atoms with Gasteiger partial charge in [0.25, 0.3) is 5.56 Å². The van der Waals surface area contributed by atoms with E-state index in [0.29, 0.717) is 29.0 Å². The van der Waals surface area contributed by atoms with E-state index in [2.05, 4.69) is 39.8 Å². The molecule has 1 aliphatic carbocycles. The second kappa shape index (κ2) is 9.17. The van der Waals surface area contributed by atoms with Crippen LogP contribution >= 0.6 is 11.3 Å². The maximum atomic E-state index is 14.3. The maximum absolute atomic E-state index is 14.3. The van der Waals surface area contributed by atoms with E-state index >= 15 is 0 Å². The number of carbonyl (C=O) groups is 1. The Morgan fingerprint density at radius 3 is 2.28 bits per heavy atom. The summed E-state index contributed by atoms with van der Waals surface area (Å²) in [4.78, 5) is 32.4. The molecule has 36 heavy (non-hydrogen) atoms. The molecule has 2 aromatic heterocycles. The molecule has 2 heterocycles. The molecule has 0 amide bonds. The fourth-order valence-corrected chi connectivity index (χ4v) is 6.00. The molecule has 0 atom stereocenters. The number of phenolic OH excluding ortho intramolecular Hbond substituents is 1. The van der Waals surface area contributed by atoms with Crippen molar-refractivity contribution in [1.29, 1.82) is 0 Å². The van der Waals surface area contributed by atoms with Gasteiger partial charge in [0.05, 0.1) is 16.9 Å². The molecule has 0 radical (unpaired) electrons. The predicted molar refractivity (Wildman–Crippen MR) is 145 cm³/mol. The Bertz CT molecular complexity index is 1500. The van der Waals surface area contributed by atoms with E-state index in [9.17, 15) is 14.7 Å². The average molecular weight is 499 g/mol. The quantitative estimate of drug-likeness (QED) is 0.336. The minimum atomic E-state index is -0.222. The SMILES string of the molecule is CCc1cccc(CC)c1-n1c2c(cc(-c3nc(-c4ccc(O)cc4)cs3)c1=O)C(=O)CC(C)(C)C2. The number of ketones is 1. The van der Waals surface area contributed by atoms with Crippen molar-refractivity contribution >= 4 is 17.1 Å². The van der Waals surface area contributed by atoms with Gasteiger partial charge in [-0.1, -0.05) is 45.9 Å². The van der Waals surface area contributed by atoms with Crippen molar-refractivity contribution in [3.8, 4) is 33.3 Å². The number of para-hydroxylation sites is 1. The number of rotatable bonds is 5. The van der Waals surface area contributed by atoms with E-state index in [1.807, 2.05) is 16.0 Å². The molecule has 1 aliphatic rings. The van der Waals surface area contributed by atoms with Gasteiger partial charge in [0, 0.05) is 28.6 Å². The minimum absolute atomic E-state index is 0.0681. The molecule has 4 aromatic rings. The standard InChI is InChI=1S/C30H30N2O3S/c1-5-18-8-7-9-19(6-2)27(18)32-25-15-30(3,4)16-26(34)22(25)14-23(29(32)35)28-31-24(17-36-28)20-10-12-21(33)13-11-20/h7-14,17,33H,5-6,15-16H2,1-4H3. The van der Waals surface area contributed by atoms with E-state index in [4.69, 9.17) is 4.98 Å². The van der Waals surface area contributed by atoms with E-state index < -0.39 is 0 Å². The largest absolute Gasteiger partial charge is 0.508 e. The van der Waals surface area contributed by atoms with Crippen LogP contribution in [0.1, 0.15) is 61.3 Å². The highest BCUT2D eigenvalue weighted by molar-refractivity contribution is 7.13. The molecule has 0 saturated carbocycles. The molecule has 0 spiro atoms. The Morgan fingerprint density at radius 2 is 1.64 bits per heavy atom. The summed E-state index contributed by atoms with van der Waals surface area (Å²) in [7, 11) is 0. The first-order valence-corrected chi connectivity index (χ1v) is 13.3. The highest BCUT2D eigenvalue weighted by Gasteiger charge is 2.35. The summed E-state index contributed by atoms with van der Waals surface area (Å²) in [6.45, 7) is 8.38. The summed E-state index contributed by atoms with van der Waals surface area (Å²) >= 11 is 1.39. The number of phenols is 1. The predicted octanol–water partition coefficient (Wildman–Crippen LogP) is 6.61. The third-order valence-corrected chi connectivity index (χ3v) is 7.85. The Morgan fingerprint density at radius 1 is 0.972 bits per heavy atom. The number of aromatic nitrogens is 2. The summed E-state index contributed by atoms with van der Waals surface area (Å²) in [5.74, 6) is 0.258. The van der Waals surface area contributed by atoms with Crippen LogP contribution in [0, 0.1) is 5.41 Å². The van der Waals surface area contributed by atoms with Crippen LogP contribution in [0.3, 0.4) is 0 Å². The van der Waals surface area contributed by atoms with E-state index in [0.717, 1.165) is 46.6 Å². The summed E-state index contributed by atoms with van der Waals surface area (Å²) in [6.07, 6.45) is 2.67. The van der Waals surface area contributed by atoms with Crippen molar-refractivity contribution in [2.45, 2.75) is 53.4 Å². The van der Waals surface area contributed by atoms with Crippen LogP contribution in [0.25, 0.3) is 27.5 Å². The molecule has 2 aromatic carbocycles. The number of aromatic hydroxyl groups is 1. The maximum Gasteiger partial charge on any atom is 0.265 e. The number of fused-ring (bicyclic) bond motifs is 1. The number of hydrogen-bond acceptors (Lipinski definition) is 5. The number of thiazole rings is 1. The van der Waals surface area contributed by atoms with Crippen LogP contribution in [0.2, 0.25) is 0 Å². The van der Waals surface area contributed by atoms with Gasteiger partial charge < -0.3 is 5.11 Å². The zero-order valence-corrected chi connectivity index (χ0v) is 21.9. The summed E-state index contributed by atoms with van der Waals surface area (Å²) in [5.41, 5.74) is 6.20. The lowest BCUT2D eigenvalue weighted by Gasteiger charge is -2.33. The molecule has 0 saturated heterocycles. The number of Topliss-reactive ketones (excluding diaryl/α,β-unsaturated/α-hetero) is 1. The molecule has 0 bridgehead atoms. The topological polar surface area (TPSA) is 72.2 Å². The zero-order valence-electron chi connectivity index (χ0n) is 21.1. The van der Waals surface area contributed by atoms with Gasteiger partial charge >= 0.3 is 0 Å². The summed E-state index contributed by atoms with van der Waals surface area (Å²) < 4.78 is 1.82. The van der Waals surface area contributed by atoms with Crippen LogP contribution in [0.15, 0.2) is 58.7 Å². The third kappa shape index (κ3) is 4.20. The van der Waals surface area contributed by atoms with Crippen molar-refractivity contribution in [2.75, 3.05) is 0 Å². The van der Waals surface area contributed by atoms with Crippen LogP contribution in [-0.2, 0) is 19.3 Å². The van der Waals surface area contributed by atoms with Gasteiger partial charge in [-0.25, -0.2) is 4.98 Å². The van der Waals surface area contributed by atoms with Crippen LogP contribution < -0.4 is 5.56 Å². The second-order valence-corrected chi connectivity index (χ2v) is 11.1. The molecule has 1 N–H and O–H groups in total. The Labute approximate surface area is 215 Å². The van der Waals surface area contributed by atoms with Gasteiger partial charge in [-0.2, -0.15) is 0 Å². The normalized spacial score (nSPS) is 14.6. The van der Waals surface area contributed by atoms with Gasteiger partial charge in [-0.15, -0.1) is 11.3 Å². The highest BCUT2D eigenvalue weighted by atomic mass is 32.1. The van der Waals surface area contributed by atoms with Crippen LogP contribution in [-0.4, -0.2) is 20.4 Å². The lowest BCUT2D eigenvalue weighted by Crippen LogP contribution is -2.35. The number of aryl methyl sites for hydroxylation is 2. The Kier molecular flexibility index (Phi) is 6.17. The fraction of sp³-hybridized carbons (Fsp3) is 0.300. The number of nitrogens with zero attached hydrogens (tertiary/aromatic N) is 2. The van der Waals surface area contributed by atoms with Crippen molar-refractivity contribution < 1.29 is 9.90 Å². The number of benzene rings is 2. The zero-order chi connectivity index (χ0) is 25.6. The van der Waals surface area contributed by atoms with Gasteiger partial charge in [0.15, 0.2) is 5.78 Å². The fourth-order valence-electron chi connectivity index (χ4n) is 5.17. The first kappa shape index (κ1) is 24.2. The molecule has 0 unspecified atom stereocenters. The van der Waals surface area contributed by atoms with Gasteiger partial charge in [0.2, 0.25) is 0 Å². The molecule has 6 heteroatoms. The highest BCUT2D eigenvalue weighted by Crippen LogP contribution is 2.38. The Balaban J connectivity index is 1.79. The number of carbonyl (C=O) groups excluding carboxylic acids is 1. The van der Waals surface area contributed by atoms with Gasteiger partial charge in [-0.05, 0) is 66.1 Å². The van der Waals surface area contributed by atoms with Crippen molar-refractivity contribution in [2.24, 2.45) is 5.41 Å². The van der Waals surface area contributed by atoms with Gasteiger partial charge in [0.1, 0.15) is 10.8 Å². The van der Waals surface area contributed by atoms with E-state index in [1.54, 1.807) is 30.3 Å². The van der Waals surface area contributed by atoms with Crippen molar-refractivity contribution in [3.05, 3.63) is 86.6 Å². The molecular weight excluding hydrogens is 468 g/mol. The van der Waals surface area contributed by atoms with E-state index in [-0.39, 0.29) is 22.5 Å². The third-order valence-electron chi connectivity index (χ3n) is 6.97. The Hall–Kier alpha value is -3.51. The molecular formula is C30H30N2O3S. The lowest BCUT2D eigenvalue weighted by atomic mass is 9.75. The van der Waals surface area contributed by atoms with Crippen LogP contribution in [0.4, 0.5) is 0 Å². The average Bonchev–Trinajstić information content (AvgIpc) is 3.33. The first-order chi connectivity index (χ1) is 17.2. The molecule has 0 aliphatic heterocycles. The van der Waals surface area contributed by atoms with Gasteiger partial charge in [-0.3, -0.25) is 14.2 Å². The molecule has 184 valence electrons. The summed E-state index contributed by atoms with van der Waals surface area (Å²) in [6, 6.07) is 14.8. The van der Waals surface area contributed by atoms with Crippen molar-refractivity contribution in [3.63, 3.8) is 0 Å². The molecule has 5 nitrogen and oxygen atoms in total. The minimum Gasteiger partial charge on any atom is -0.508 e. The monoisotopic (exact) mass is 498 g/mol. The second-order valence-electron chi connectivity index (χ2n) is 10.2. The smallest absolute Gasteiger partial charge is 0.265 e. The summed E-state index contributed by atoms with van der Waals surface area (Å²) in [5, 5.41) is 12.1. The number of pyridine rings is 1. The lowest BCUT2D eigenvalue weighted by molar-refractivity contribution is 0.0909. The van der Waals surface area contributed by atoms with Crippen LogP contribution in [0.5, 0.6) is 5.75 Å². The first-order valence-electron chi connectivity index (χ1n) is 12.4. The van der Waals surface area contributed by atoms with E-state index in [1.165, 1.54) is 11.3 Å². The van der Waals surface area contributed by atoms with Crippen molar-refractivity contribution in [1.82, 2.24) is 9.55 Å². The molecule has 0 fully saturated rings. The number of hydrogen-bond donors (Lipinski definition) is 1. The molecule has 5 rings (SSSR count).